The first kappa shape index (κ1) is 11.8. The summed E-state index contributed by atoms with van der Waals surface area (Å²) in [6.45, 7) is 4.45. The lowest BCUT2D eigenvalue weighted by Gasteiger charge is -2.10. The molecule has 0 radical (unpaired) electrons. The lowest BCUT2D eigenvalue weighted by molar-refractivity contribution is 0.843. The molecular weight excluding hydrogens is 238 g/mol. The van der Waals surface area contributed by atoms with Crippen molar-refractivity contribution in [3.05, 3.63) is 51.2 Å². The molecule has 0 aliphatic carbocycles. The fourth-order valence-electron chi connectivity index (χ4n) is 2.69. The van der Waals surface area contributed by atoms with Gasteiger partial charge >= 0.3 is 0 Å². The summed E-state index contributed by atoms with van der Waals surface area (Å²) in [7, 11) is 0. The van der Waals surface area contributed by atoms with Crippen LogP contribution in [-0.2, 0) is 19.3 Å². The highest BCUT2D eigenvalue weighted by atomic mass is 32.1. The summed E-state index contributed by atoms with van der Waals surface area (Å²) in [6, 6.07) is 11.7. The van der Waals surface area contributed by atoms with Crippen LogP contribution >= 0.6 is 11.3 Å². The van der Waals surface area contributed by atoms with Crippen molar-refractivity contribution in [3.8, 4) is 0 Å². The number of benzene rings is 1. The van der Waals surface area contributed by atoms with Crippen LogP contribution in [0.2, 0.25) is 0 Å². The molecule has 3 rings (SSSR count). The molecule has 2 aromatic rings. The molecule has 1 atom stereocenters. The van der Waals surface area contributed by atoms with E-state index < -0.39 is 0 Å². The van der Waals surface area contributed by atoms with E-state index in [1.165, 1.54) is 26.6 Å². The molecular formula is C16H19NS. The van der Waals surface area contributed by atoms with Crippen LogP contribution in [0.5, 0.6) is 0 Å². The van der Waals surface area contributed by atoms with Crippen LogP contribution in [0.3, 0.4) is 0 Å². The number of nitrogens with one attached hydrogen (secondary N) is 1. The molecule has 0 spiro atoms. The second-order valence-electron chi connectivity index (χ2n) is 4.86. The second-order valence-corrected chi connectivity index (χ2v) is 6.06. The highest BCUT2D eigenvalue weighted by molar-refractivity contribution is 7.12. The maximum absolute atomic E-state index is 3.72. The summed E-state index contributed by atoms with van der Waals surface area (Å²) in [4.78, 5) is 2.96. The Bertz CT molecular complexity index is 556. The van der Waals surface area contributed by atoms with Crippen molar-refractivity contribution in [2.24, 2.45) is 0 Å². The van der Waals surface area contributed by atoms with Gasteiger partial charge in [0.2, 0.25) is 0 Å². The standard InChI is InChI=1S/C16H19NS/c1-3-11-6-5-7-12-10-14(17-16(11)12)15-9-8-13(4-2)18-15/h5-9,14,17H,3-4,10H2,1-2H3. The van der Waals surface area contributed by atoms with E-state index >= 15 is 0 Å². The van der Waals surface area contributed by atoms with Crippen molar-refractivity contribution in [1.82, 2.24) is 0 Å². The van der Waals surface area contributed by atoms with Crippen LogP contribution in [0.1, 0.15) is 40.8 Å². The fourth-order valence-corrected chi connectivity index (χ4v) is 3.70. The second kappa shape index (κ2) is 4.77. The zero-order valence-corrected chi connectivity index (χ0v) is 11.8. The molecule has 1 aromatic carbocycles. The van der Waals surface area contributed by atoms with Gasteiger partial charge in [0.15, 0.2) is 0 Å². The Morgan fingerprint density at radius 1 is 1.17 bits per heavy atom. The summed E-state index contributed by atoms with van der Waals surface area (Å²) in [5.74, 6) is 0. The highest BCUT2D eigenvalue weighted by Crippen LogP contribution is 2.38. The van der Waals surface area contributed by atoms with Gasteiger partial charge in [0.25, 0.3) is 0 Å². The van der Waals surface area contributed by atoms with Crippen molar-refractivity contribution < 1.29 is 0 Å². The molecule has 1 aromatic heterocycles. The normalized spacial score (nSPS) is 17.6. The first-order chi connectivity index (χ1) is 8.81. The highest BCUT2D eigenvalue weighted by Gasteiger charge is 2.24. The minimum Gasteiger partial charge on any atom is -0.377 e. The zero-order valence-electron chi connectivity index (χ0n) is 11.0. The molecule has 1 nitrogen and oxygen atoms in total. The predicted octanol–water partition coefficient (Wildman–Crippen LogP) is 4.58. The Morgan fingerprint density at radius 2 is 2.06 bits per heavy atom. The Kier molecular flexibility index (Phi) is 3.13. The quantitative estimate of drug-likeness (QED) is 0.848. The first-order valence-electron chi connectivity index (χ1n) is 6.77. The molecule has 18 heavy (non-hydrogen) atoms. The van der Waals surface area contributed by atoms with E-state index in [1.54, 1.807) is 0 Å². The molecule has 1 unspecified atom stereocenters. The number of aryl methyl sites for hydroxylation is 2. The van der Waals surface area contributed by atoms with Gasteiger partial charge in [-0.05, 0) is 42.5 Å². The molecule has 0 fully saturated rings. The van der Waals surface area contributed by atoms with Crippen molar-refractivity contribution >= 4 is 17.0 Å². The minimum atomic E-state index is 0.484. The molecule has 0 saturated carbocycles. The monoisotopic (exact) mass is 257 g/mol. The maximum Gasteiger partial charge on any atom is 0.0647 e. The number of hydrogen-bond donors (Lipinski definition) is 1. The van der Waals surface area contributed by atoms with Crippen LogP contribution in [0.4, 0.5) is 5.69 Å². The number of fused-ring (bicyclic) bond motifs is 1. The summed E-state index contributed by atoms with van der Waals surface area (Å²) < 4.78 is 0. The average molecular weight is 257 g/mol. The molecule has 2 heteroatoms. The van der Waals surface area contributed by atoms with E-state index in [9.17, 15) is 0 Å². The molecule has 0 amide bonds. The number of para-hydroxylation sites is 1. The van der Waals surface area contributed by atoms with E-state index in [1.807, 2.05) is 11.3 Å². The summed E-state index contributed by atoms with van der Waals surface area (Å²) >= 11 is 1.95. The van der Waals surface area contributed by atoms with Crippen LogP contribution in [-0.4, -0.2) is 0 Å². The van der Waals surface area contributed by atoms with Crippen molar-refractivity contribution in [2.75, 3.05) is 5.32 Å². The lowest BCUT2D eigenvalue weighted by atomic mass is 10.0. The molecule has 1 aliphatic rings. The smallest absolute Gasteiger partial charge is 0.0647 e. The van der Waals surface area contributed by atoms with Crippen LogP contribution < -0.4 is 5.32 Å². The van der Waals surface area contributed by atoms with E-state index in [4.69, 9.17) is 0 Å². The largest absolute Gasteiger partial charge is 0.377 e. The Balaban J connectivity index is 1.88. The van der Waals surface area contributed by atoms with Gasteiger partial charge in [-0.25, -0.2) is 0 Å². The predicted molar refractivity (Wildman–Crippen MR) is 79.6 cm³/mol. The molecule has 1 aliphatic heterocycles. The molecule has 94 valence electrons. The number of hydrogen-bond acceptors (Lipinski definition) is 2. The van der Waals surface area contributed by atoms with Crippen LogP contribution in [0.25, 0.3) is 0 Å². The van der Waals surface area contributed by atoms with Gasteiger partial charge in [-0.3, -0.25) is 0 Å². The maximum atomic E-state index is 3.72. The summed E-state index contributed by atoms with van der Waals surface area (Å²) in [6.07, 6.45) is 3.38. The van der Waals surface area contributed by atoms with Gasteiger partial charge in [-0.15, -0.1) is 11.3 Å². The molecule has 1 N–H and O–H groups in total. The van der Waals surface area contributed by atoms with Crippen LogP contribution in [0.15, 0.2) is 30.3 Å². The topological polar surface area (TPSA) is 12.0 Å². The third kappa shape index (κ3) is 1.95. The van der Waals surface area contributed by atoms with Gasteiger partial charge in [-0.2, -0.15) is 0 Å². The molecule has 2 heterocycles. The number of anilines is 1. The van der Waals surface area contributed by atoms with Crippen molar-refractivity contribution in [2.45, 2.75) is 39.2 Å². The van der Waals surface area contributed by atoms with Crippen molar-refractivity contribution in [1.29, 1.82) is 0 Å². The van der Waals surface area contributed by atoms with Gasteiger partial charge in [-0.1, -0.05) is 32.0 Å². The van der Waals surface area contributed by atoms with Gasteiger partial charge in [0.1, 0.15) is 0 Å². The SMILES string of the molecule is CCc1ccc(C2Cc3cccc(CC)c3N2)s1. The Labute approximate surface area is 113 Å². The van der Waals surface area contributed by atoms with Crippen molar-refractivity contribution in [3.63, 3.8) is 0 Å². The van der Waals surface area contributed by atoms with Gasteiger partial charge in [0.05, 0.1) is 6.04 Å². The number of rotatable bonds is 3. The Hall–Kier alpha value is -1.28. The van der Waals surface area contributed by atoms with Gasteiger partial charge < -0.3 is 5.32 Å². The van der Waals surface area contributed by atoms with Crippen LogP contribution in [0, 0.1) is 0 Å². The lowest BCUT2D eigenvalue weighted by Crippen LogP contribution is -2.04. The van der Waals surface area contributed by atoms with Gasteiger partial charge in [0, 0.05) is 15.4 Å². The summed E-state index contributed by atoms with van der Waals surface area (Å²) in [5.41, 5.74) is 4.31. The third-order valence-electron chi connectivity index (χ3n) is 3.73. The minimum absolute atomic E-state index is 0.484. The van der Waals surface area contributed by atoms with E-state index in [0.717, 1.165) is 19.3 Å². The third-order valence-corrected chi connectivity index (χ3v) is 5.08. The van der Waals surface area contributed by atoms with E-state index in [-0.39, 0.29) is 0 Å². The zero-order chi connectivity index (χ0) is 12.5. The average Bonchev–Trinajstić information content (AvgIpc) is 3.03. The summed E-state index contributed by atoms with van der Waals surface area (Å²) in [5, 5.41) is 3.72. The van der Waals surface area contributed by atoms with E-state index in [0.29, 0.717) is 6.04 Å². The number of thiophene rings is 1. The molecule has 0 bridgehead atoms. The Morgan fingerprint density at radius 3 is 2.78 bits per heavy atom. The first-order valence-corrected chi connectivity index (χ1v) is 7.59. The van der Waals surface area contributed by atoms with E-state index in [2.05, 4.69) is 49.5 Å². The fraction of sp³-hybridized carbons (Fsp3) is 0.375. The molecule has 0 saturated heterocycles.